The van der Waals surface area contributed by atoms with Gasteiger partial charge in [0.2, 0.25) is 0 Å². The number of nitrogens with one attached hydrogen (secondary N) is 2. The first-order valence-corrected chi connectivity index (χ1v) is 10.8. The normalized spacial score (nSPS) is 13.9. The van der Waals surface area contributed by atoms with E-state index in [-0.39, 0.29) is 11.8 Å². The van der Waals surface area contributed by atoms with Gasteiger partial charge in [-0.3, -0.25) is 4.79 Å². The van der Waals surface area contributed by atoms with Crippen LogP contribution in [0.2, 0.25) is 0 Å². The van der Waals surface area contributed by atoms with Crippen LogP contribution in [0.4, 0.5) is 16.2 Å². The number of ketones is 1. The summed E-state index contributed by atoms with van der Waals surface area (Å²) in [6.07, 6.45) is 1.95. The van der Waals surface area contributed by atoms with Crippen molar-refractivity contribution >= 4 is 34.1 Å². The molecule has 1 saturated heterocycles. The van der Waals surface area contributed by atoms with Crippen molar-refractivity contribution in [2.24, 2.45) is 0 Å². The van der Waals surface area contributed by atoms with E-state index >= 15 is 0 Å². The standard InChI is InChI=1S/C26H24N4O2/c31-25(19-5-2-1-3-6-19)20-9-11-21(12-10-20)28-26(32)30-17-15-29(16-18-30)24-8-4-7-23-22(24)13-14-27-23/h1-14,27H,15-18H2,(H,28,32). The lowest BCUT2D eigenvalue weighted by Crippen LogP contribution is -2.50. The van der Waals surface area contributed by atoms with E-state index in [0.717, 1.165) is 18.6 Å². The topological polar surface area (TPSA) is 68.4 Å². The Labute approximate surface area is 186 Å². The summed E-state index contributed by atoms with van der Waals surface area (Å²) < 4.78 is 0. The first kappa shape index (κ1) is 19.9. The SMILES string of the molecule is O=C(c1ccccc1)c1ccc(NC(=O)N2CCN(c3cccc4[nH]ccc34)CC2)cc1. The summed E-state index contributed by atoms with van der Waals surface area (Å²) in [7, 11) is 0. The van der Waals surface area contributed by atoms with Gasteiger partial charge in [0, 0.05) is 65.8 Å². The fraction of sp³-hybridized carbons (Fsp3) is 0.154. The van der Waals surface area contributed by atoms with Gasteiger partial charge in [0.05, 0.1) is 0 Å². The molecule has 6 nitrogen and oxygen atoms in total. The zero-order valence-electron chi connectivity index (χ0n) is 17.6. The first-order valence-electron chi connectivity index (χ1n) is 10.8. The largest absolute Gasteiger partial charge is 0.367 e. The molecule has 2 N–H and O–H groups in total. The second-order valence-corrected chi connectivity index (χ2v) is 7.89. The highest BCUT2D eigenvalue weighted by atomic mass is 16.2. The zero-order chi connectivity index (χ0) is 21.9. The number of piperazine rings is 1. The molecule has 0 radical (unpaired) electrons. The van der Waals surface area contributed by atoms with E-state index < -0.39 is 0 Å². The van der Waals surface area contributed by atoms with E-state index in [2.05, 4.69) is 39.5 Å². The van der Waals surface area contributed by atoms with Crippen LogP contribution in [0.3, 0.4) is 0 Å². The highest BCUT2D eigenvalue weighted by Gasteiger charge is 2.22. The third kappa shape index (κ3) is 3.95. The molecule has 1 aliphatic rings. The predicted molar refractivity (Wildman–Crippen MR) is 127 cm³/mol. The molecule has 32 heavy (non-hydrogen) atoms. The van der Waals surface area contributed by atoms with Crippen molar-refractivity contribution in [3.63, 3.8) is 0 Å². The summed E-state index contributed by atoms with van der Waals surface area (Å²) >= 11 is 0. The number of anilines is 2. The number of nitrogens with zero attached hydrogens (tertiary/aromatic N) is 2. The molecule has 2 heterocycles. The second kappa shape index (κ2) is 8.59. The third-order valence-corrected chi connectivity index (χ3v) is 5.91. The van der Waals surface area contributed by atoms with Crippen molar-refractivity contribution in [2.75, 3.05) is 36.4 Å². The molecule has 0 aliphatic carbocycles. The van der Waals surface area contributed by atoms with Gasteiger partial charge in [-0.25, -0.2) is 4.79 Å². The summed E-state index contributed by atoms with van der Waals surface area (Å²) in [6.45, 7) is 2.86. The Morgan fingerprint density at radius 3 is 2.22 bits per heavy atom. The number of hydrogen-bond donors (Lipinski definition) is 2. The number of aromatic nitrogens is 1. The summed E-state index contributed by atoms with van der Waals surface area (Å²) in [5.74, 6) is -0.0305. The van der Waals surface area contributed by atoms with E-state index in [1.165, 1.54) is 11.1 Å². The molecule has 4 aromatic rings. The number of amides is 2. The number of rotatable bonds is 4. The minimum Gasteiger partial charge on any atom is -0.367 e. The molecule has 0 atom stereocenters. The predicted octanol–water partition coefficient (Wildman–Crippen LogP) is 4.75. The Morgan fingerprint density at radius 1 is 0.750 bits per heavy atom. The van der Waals surface area contributed by atoms with E-state index in [9.17, 15) is 9.59 Å². The molecule has 5 rings (SSSR count). The van der Waals surface area contributed by atoms with Gasteiger partial charge < -0.3 is 20.1 Å². The van der Waals surface area contributed by atoms with E-state index in [4.69, 9.17) is 0 Å². The summed E-state index contributed by atoms with van der Waals surface area (Å²) in [6, 6.07) is 24.5. The van der Waals surface area contributed by atoms with Crippen LogP contribution < -0.4 is 10.2 Å². The Morgan fingerprint density at radius 2 is 1.47 bits per heavy atom. The number of fused-ring (bicyclic) bond motifs is 1. The van der Waals surface area contributed by atoms with Crippen LogP contribution >= 0.6 is 0 Å². The Bertz CT molecular complexity index is 1240. The number of benzene rings is 3. The smallest absolute Gasteiger partial charge is 0.321 e. The number of carbonyl (C=O) groups excluding carboxylic acids is 2. The minimum atomic E-state index is -0.119. The minimum absolute atomic E-state index is 0.0305. The molecule has 0 saturated carbocycles. The third-order valence-electron chi connectivity index (χ3n) is 5.91. The number of aromatic amines is 1. The highest BCUT2D eigenvalue weighted by molar-refractivity contribution is 6.09. The van der Waals surface area contributed by atoms with Gasteiger partial charge in [0.15, 0.2) is 5.78 Å². The van der Waals surface area contributed by atoms with Gasteiger partial charge in [-0.2, -0.15) is 0 Å². The summed E-state index contributed by atoms with van der Waals surface area (Å²) in [4.78, 5) is 32.7. The van der Waals surface area contributed by atoms with Crippen LogP contribution in [0.1, 0.15) is 15.9 Å². The molecule has 6 heteroatoms. The molecule has 1 aromatic heterocycles. The fourth-order valence-electron chi connectivity index (χ4n) is 4.16. The van der Waals surface area contributed by atoms with Crippen molar-refractivity contribution in [3.8, 4) is 0 Å². The second-order valence-electron chi connectivity index (χ2n) is 7.89. The van der Waals surface area contributed by atoms with Crippen molar-refractivity contribution in [1.82, 2.24) is 9.88 Å². The molecule has 0 spiro atoms. The lowest BCUT2D eigenvalue weighted by atomic mass is 10.0. The molecule has 0 bridgehead atoms. The number of carbonyl (C=O) groups is 2. The quantitative estimate of drug-likeness (QED) is 0.465. The van der Waals surface area contributed by atoms with Gasteiger partial charge in [-0.15, -0.1) is 0 Å². The fourth-order valence-corrected chi connectivity index (χ4v) is 4.16. The highest BCUT2D eigenvalue weighted by Crippen LogP contribution is 2.27. The molecule has 2 amide bonds. The molecule has 1 fully saturated rings. The van der Waals surface area contributed by atoms with Gasteiger partial charge in [-0.05, 0) is 42.5 Å². The Kier molecular flexibility index (Phi) is 5.34. The van der Waals surface area contributed by atoms with Crippen LogP contribution in [0.25, 0.3) is 10.9 Å². The van der Waals surface area contributed by atoms with E-state index in [1.54, 1.807) is 36.4 Å². The van der Waals surface area contributed by atoms with Crippen LogP contribution in [-0.4, -0.2) is 47.9 Å². The monoisotopic (exact) mass is 424 g/mol. The molecule has 0 unspecified atom stereocenters. The molecular formula is C26H24N4O2. The maximum absolute atomic E-state index is 12.7. The van der Waals surface area contributed by atoms with Crippen LogP contribution in [-0.2, 0) is 0 Å². The van der Waals surface area contributed by atoms with Crippen molar-refractivity contribution in [1.29, 1.82) is 0 Å². The van der Waals surface area contributed by atoms with Crippen molar-refractivity contribution in [3.05, 3.63) is 96.2 Å². The van der Waals surface area contributed by atoms with Crippen LogP contribution in [0.5, 0.6) is 0 Å². The lowest BCUT2D eigenvalue weighted by molar-refractivity contribution is 0.103. The van der Waals surface area contributed by atoms with Gasteiger partial charge in [0.25, 0.3) is 0 Å². The molecular weight excluding hydrogens is 400 g/mol. The van der Waals surface area contributed by atoms with Crippen molar-refractivity contribution < 1.29 is 9.59 Å². The van der Waals surface area contributed by atoms with E-state index in [0.29, 0.717) is 29.9 Å². The maximum Gasteiger partial charge on any atom is 0.321 e. The van der Waals surface area contributed by atoms with Crippen LogP contribution in [0, 0.1) is 0 Å². The molecule has 160 valence electrons. The Hall–Kier alpha value is -4.06. The van der Waals surface area contributed by atoms with Crippen LogP contribution in [0.15, 0.2) is 85.1 Å². The average molecular weight is 425 g/mol. The number of H-pyrrole nitrogens is 1. The number of urea groups is 1. The van der Waals surface area contributed by atoms with Crippen molar-refractivity contribution in [2.45, 2.75) is 0 Å². The van der Waals surface area contributed by atoms with E-state index in [1.807, 2.05) is 29.3 Å². The molecule has 3 aromatic carbocycles. The molecule has 1 aliphatic heterocycles. The summed E-state index contributed by atoms with van der Waals surface area (Å²) in [5.41, 5.74) is 4.25. The van der Waals surface area contributed by atoms with Gasteiger partial charge >= 0.3 is 6.03 Å². The zero-order valence-corrected chi connectivity index (χ0v) is 17.6. The van der Waals surface area contributed by atoms with Gasteiger partial charge in [0.1, 0.15) is 0 Å². The average Bonchev–Trinajstić information content (AvgIpc) is 3.34. The Balaban J connectivity index is 1.19. The summed E-state index contributed by atoms with van der Waals surface area (Å²) in [5, 5.41) is 4.15. The van der Waals surface area contributed by atoms with Gasteiger partial charge in [-0.1, -0.05) is 36.4 Å². The number of hydrogen-bond acceptors (Lipinski definition) is 3. The maximum atomic E-state index is 12.7. The lowest BCUT2D eigenvalue weighted by Gasteiger charge is -2.36. The first-order chi connectivity index (χ1) is 15.7.